The van der Waals surface area contributed by atoms with Crippen LogP contribution in [0, 0.1) is 0 Å². The summed E-state index contributed by atoms with van der Waals surface area (Å²) in [5.41, 5.74) is 8.67. The zero-order chi connectivity index (χ0) is 18.6. The molecule has 1 aliphatic rings. The molecule has 0 heterocycles. The summed E-state index contributed by atoms with van der Waals surface area (Å²) in [5.74, 6) is 0.611. The van der Waals surface area contributed by atoms with Crippen LogP contribution in [0.1, 0.15) is 30.0 Å². The topological polar surface area (TPSA) is 90.6 Å². The molecule has 3 N–H and O–H groups in total. The van der Waals surface area contributed by atoms with Crippen molar-refractivity contribution in [2.24, 2.45) is 0 Å². The summed E-state index contributed by atoms with van der Waals surface area (Å²) < 4.78 is 38.7. The molecule has 2 aromatic carbocycles. The fraction of sp³-hybridized carbons (Fsp3) is 0.368. The molecule has 0 amide bonds. The Morgan fingerprint density at radius 2 is 1.92 bits per heavy atom. The van der Waals surface area contributed by atoms with E-state index in [1.165, 1.54) is 0 Å². The molecule has 0 radical (unpaired) electrons. The number of fused-ring (bicyclic) bond motifs is 1. The van der Waals surface area contributed by atoms with Crippen LogP contribution in [0.2, 0.25) is 0 Å². The van der Waals surface area contributed by atoms with Gasteiger partial charge in [0, 0.05) is 18.8 Å². The van der Waals surface area contributed by atoms with Crippen LogP contribution in [0.5, 0.6) is 5.75 Å². The van der Waals surface area contributed by atoms with E-state index in [1.54, 1.807) is 31.4 Å². The highest BCUT2D eigenvalue weighted by molar-refractivity contribution is 7.89. The molecule has 6 nitrogen and oxygen atoms in total. The van der Waals surface area contributed by atoms with E-state index in [2.05, 4.69) is 4.72 Å². The maximum Gasteiger partial charge on any atom is 0.241 e. The molecular weight excluding hydrogens is 352 g/mol. The molecule has 0 saturated carbocycles. The number of aryl methyl sites for hydroxylation is 1. The normalized spacial score (nSPS) is 16.9. The van der Waals surface area contributed by atoms with Crippen LogP contribution in [0.3, 0.4) is 0 Å². The zero-order valence-electron chi connectivity index (χ0n) is 14.8. The van der Waals surface area contributed by atoms with Crippen molar-refractivity contribution in [3.05, 3.63) is 53.6 Å². The molecule has 1 atom stereocenters. The number of rotatable bonds is 7. The van der Waals surface area contributed by atoms with Crippen LogP contribution >= 0.6 is 0 Å². The van der Waals surface area contributed by atoms with Gasteiger partial charge in [-0.3, -0.25) is 0 Å². The zero-order valence-corrected chi connectivity index (χ0v) is 15.6. The molecule has 2 aromatic rings. The molecule has 26 heavy (non-hydrogen) atoms. The molecule has 1 aliphatic carbocycles. The maximum atomic E-state index is 12.8. The van der Waals surface area contributed by atoms with Crippen LogP contribution in [-0.2, 0) is 21.2 Å². The van der Waals surface area contributed by atoms with Crippen molar-refractivity contribution in [2.75, 3.05) is 26.1 Å². The van der Waals surface area contributed by atoms with Gasteiger partial charge in [0.2, 0.25) is 10.0 Å². The molecule has 0 bridgehead atoms. The van der Waals surface area contributed by atoms with E-state index in [9.17, 15) is 8.42 Å². The first kappa shape index (κ1) is 18.7. The Morgan fingerprint density at radius 3 is 2.65 bits per heavy atom. The van der Waals surface area contributed by atoms with Gasteiger partial charge in [-0.2, -0.15) is 0 Å². The lowest BCUT2D eigenvalue weighted by Crippen LogP contribution is -2.31. The third-order valence-electron chi connectivity index (χ3n) is 4.47. The summed E-state index contributed by atoms with van der Waals surface area (Å²) in [6, 6.07) is 11.8. The third kappa shape index (κ3) is 4.35. The lowest BCUT2D eigenvalue weighted by atomic mass is 9.88. The number of hydrogen-bond acceptors (Lipinski definition) is 5. The Bertz CT molecular complexity index is 850. The van der Waals surface area contributed by atoms with E-state index in [4.69, 9.17) is 15.2 Å². The molecule has 140 valence electrons. The number of methoxy groups -OCH3 is 1. The van der Waals surface area contributed by atoms with E-state index >= 15 is 0 Å². The molecular formula is C19H24N2O4S. The number of hydrogen-bond donors (Lipinski definition) is 2. The van der Waals surface area contributed by atoms with E-state index in [1.807, 2.05) is 18.2 Å². The Balaban J connectivity index is 1.73. The quantitative estimate of drug-likeness (QED) is 0.573. The van der Waals surface area contributed by atoms with Crippen molar-refractivity contribution in [2.45, 2.75) is 30.2 Å². The van der Waals surface area contributed by atoms with Crippen molar-refractivity contribution >= 4 is 15.7 Å². The smallest absolute Gasteiger partial charge is 0.241 e. The lowest BCUT2D eigenvalue weighted by Gasteiger charge is -2.26. The van der Waals surface area contributed by atoms with E-state index in [0.717, 1.165) is 30.4 Å². The highest BCUT2D eigenvalue weighted by Crippen LogP contribution is 2.32. The highest BCUT2D eigenvalue weighted by atomic mass is 32.2. The first-order valence-electron chi connectivity index (χ1n) is 8.62. The minimum atomic E-state index is -3.62. The summed E-state index contributed by atoms with van der Waals surface area (Å²) in [5, 5.41) is 0. The Hall–Kier alpha value is -2.09. The van der Waals surface area contributed by atoms with Crippen molar-refractivity contribution in [3.8, 4) is 5.75 Å². The molecule has 7 heteroatoms. The number of nitrogen functional groups attached to an aromatic ring is 1. The highest BCUT2D eigenvalue weighted by Gasteiger charge is 2.25. The number of sulfonamides is 1. The van der Waals surface area contributed by atoms with Gasteiger partial charge < -0.3 is 15.2 Å². The van der Waals surface area contributed by atoms with Crippen molar-refractivity contribution in [1.82, 2.24) is 4.72 Å². The number of nitrogens with two attached hydrogens (primary N) is 1. The van der Waals surface area contributed by atoms with Gasteiger partial charge in [0.05, 0.1) is 11.5 Å². The predicted octanol–water partition coefficient (Wildman–Crippen LogP) is 2.65. The largest absolute Gasteiger partial charge is 0.491 e. The Kier molecular flexibility index (Phi) is 5.80. The van der Waals surface area contributed by atoms with Gasteiger partial charge in [0.1, 0.15) is 12.4 Å². The van der Waals surface area contributed by atoms with Gasteiger partial charge in [-0.15, -0.1) is 0 Å². The first-order chi connectivity index (χ1) is 12.5. The third-order valence-corrected chi connectivity index (χ3v) is 5.96. The molecule has 0 fully saturated rings. The fourth-order valence-electron chi connectivity index (χ4n) is 3.17. The van der Waals surface area contributed by atoms with Crippen molar-refractivity contribution < 1.29 is 17.9 Å². The second-order valence-corrected chi connectivity index (χ2v) is 8.05. The maximum absolute atomic E-state index is 12.8. The van der Waals surface area contributed by atoms with Crippen LogP contribution in [0.4, 0.5) is 5.69 Å². The van der Waals surface area contributed by atoms with Crippen LogP contribution in [0.25, 0.3) is 0 Å². The summed E-state index contributed by atoms with van der Waals surface area (Å²) in [4.78, 5) is 0.221. The summed E-state index contributed by atoms with van der Waals surface area (Å²) >= 11 is 0. The van der Waals surface area contributed by atoms with Gasteiger partial charge in [-0.25, -0.2) is 13.1 Å². The van der Waals surface area contributed by atoms with Crippen LogP contribution in [0.15, 0.2) is 47.4 Å². The van der Waals surface area contributed by atoms with Gasteiger partial charge >= 0.3 is 0 Å². The average molecular weight is 376 g/mol. The van der Waals surface area contributed by atoms with Gasteiger partial charge in [-0.1, -0.05) is 6.07 Å². The number of anilines is 1. The molecule has 0 aromatic heterocycles. The minimum Gasteiger partial charge on any atom is -0.491 e. The van der Waals surface area contributed by atoms with Crippen molar-refractivity contribution in [3.63, 3.8) is 0 Å². The van der Waals surface area contributed by atoms with E-state index in [0.29, 0.717) is 24.7 Å². The second kappa shape index (κ2) is 8.07. The standard InChI is InChI=1S/C19H24N2O4S/c1-24-11-12-25-16-6-8-17(9-7-16)26(22,23)21-19-4-2-3-14-13-15(20)5-10-18(14)19/h5-10,13,19,21H,2-4,11-12,20H2,1H3. The van der Waals surface area contributed by atoms with Crippen LogP contribution < -0.4 is 15.2 Å². The number of ether oxygens (including phenoxy) is 2. The molecule has 0 aliphatic heterocycles. The van der Waals surface area contributed by atoms with Crippen LogP contribution in [-0.4, -0.2) is 28.7 Å². The average Bonchev–Trinajstić information content (AvgIpc) is 2.62. The van der Waals surface area contributed by atoms with Gasteiger partial charge in [0.15, 0.2) is 0 Å². The number of benzene rings is 2. The second-order valence-electron chi connectivity index (χ2n) is 6.34. The Morgan fingerprint density at radius 1 is 1.15 bits per heavy atom. The van der Waals surface area contributed by atoms with E-state index in [-0.39, 0.29) is 10.9 Å². The SMILES string of the molecule is COCCOc1ccc(S(=O)(=O)NC2CCCc3cc(N)ccc32)cc1. The summed E-state index contributed by atoms with van der Waals surface area (Å²) in [6.45, 7) is 0.899. The summed E-state index contributed by atoms with van der Waals surface area (Å²) in [7, 11) is -2.02. The first-order valence-corrected chi connectivity index (χ1v) is 10.1. The fourth-order valence-corrected chi connectivity index (χ4v) is 4.42. The lowest BCUT2D eigenvalue weighted by molar-refractivity contribution is 0.146. The molecule has 1 unspecified atom stereocenters. The van der Waals surface area contributed by atoms with E-state index < -0.39 is 10.0 Å². The van der Waals surface area contributed by atoms with Crippen molar-refractivity contribution in [1.29, 1.82) is 0 Å². The molecule has 3 rings (SSSR count). The monoisotopic (exact) mass is 376 g/mol. The molecule has 0 spiro atoms. The van der Waals surface area contributed by atoms with Gasteiger partial charge in [0.25, 0.3) is 0 Å². The van der Waals surface area contributed by atoms with Gasteiger partial charge in [-0.05, 0) is 66.8 Å². The number of nitrogens with one attached hydrogen (secondary N) is 1. The predicted molar refractivity (Wildman–Crippen MR) is 101 cm³/mol. The minimum absolute atomic E-state index is 0.221. The summed E-state index contributed by atoms with van der Waals surface area (Å²) in [6.07, 6.45) is 2.62. The Labute approximate surface area is 154 Å². The molecule has 0 saturated heterocycles.